The Labute approximate surface area is 81.1 Å². The molecule has 2 N–H and O–H groups in total. The van der Waals surface area contributed by atoms with Crippen molar-refractivity contribution in [2.75, 3.05) is 0 Å². The molecule has 0 aromatic carbocycles. The highest BCUT2D eigenvalue weighted by atomic mass is 32.1. The molecule has 0 aliphatic rings. The van der Waals surface area contributed by atoms with Crippen LogP contribution in [0.3, 0.4) is 0 Å². The monoisotopic (exact) mass is 208 g/mol. The number of ether oxygens (including phenoxy) is 1. The average Bonchev–Trinajstić information content (AvgIpc) is 1.96. The summed E-state index contributed by atoms with van der Waals surface area (Å²) in [6, 6.07) is 0. The first kappa shape index (κ1) is 12.2. The number of carbonyl (C=O) groups is 2. The molecule has 0 saturated heterocycles. The number of aliphatic carboxylic acids is 2. The van der Waals surface area contributed by atoms with E-state index >= 15 is 0 Å². The van der Waals surface area contributed by atoms with Gasteiger partial charge in [-0.1, -0.05) is 0 Å². The molecule has 2 atom stereocenters. The van der Waals surface area contributed by atoms with Gasteiger partial charge in [0.05, 0.1) is 5.44 Å². The van der Waals surface area contributed by atoms with Crippen LogP contribution in [-0.2, 0) is 14.3 Å². The third-order valence-electron chi connectivity index (χ3n) is 1.26. The predicted octanol–water partition coefficient (Wildman–Crippen LogP) is 0.597. The fourth-order valence-corrected chi connectivity index (χ4v) is 0.889. The Bertz CT molecular complexity index is 191. The molecule has 0 aliphatic carbocycles. The summed E-state index contributed by atoms with van der Waals surface area (Å²) >= 11 is 3.84. The van der Waals surface area contributed by atoms with Gasteiger partial charge in [-0.15, -0.1) is 12.6 Å². The quantitative estimate of drug-likeness (QED) is 0.439. The maximum Gasteiger partial charge on any atom is 0.332 e. The summed E-state index contributed by atoms with van der Waals surface area (Å²) in [5.74, 6) is -2.20. The van der Waals surface area contributed by atoms with Crippen LogP contribution < -0.4 is 0 Å². The third-order valence-corrected chi connectivity index (χ3v) is 1.38. The summed E-state index contributed by atoms with van der Waals surface area (Å²) in [5.41, 5.74) is -0.519. The van der Waals surface area contributed by atoms with Crippen molar-refractivity contribution in [3.63, 3.8) is 0 Å². The minimum atomic E-state index is -1.16. The van der Waals surface area contributed by atoms with E-state index in [1.54, 1.807) is 6.92 Å². The van der Waals surface area contributed by atoms with Gasteiger partial charge in [-0.2, -0.15) is 0 Å². The van der Waals surface area contributed by atoms with Crippen molar-refractivity contribution in [3.8, 4) is 0 Å². The van der Waals surface area contributed by atoms with Crippen molar-refractivity contribution in [2.45, 2.75) is 31.3 Å². The molecular weight excluding hydrogens is 196 g/mol. The lowest BCUT2D eigenvalue weighted by Gasteiger charge is -2.14. The van der Waals surface area contributed by atoms with Crippen molar-refractivity contribution < 1.29 is 24.5 Å². The SMILES string of the molecule is CC(S)OC(CCC(=O)O)C(=O)O. The van der Waals surface area contributed by atoms with Gasteiger partial charge in [-0.05, 0) is 13.3 Å². The zero-order chi connectivity index (χ0) is 10.4. The minimum Gasteiger partial charge on any atom is -0.481 e. The van der Waals surface area contributed by atoms with E-state index in [1.807, 2.05) is 0 Å². The van der Waals surface area contributed by atoms with Crippen LogP contribution in [0.5, 0.6) is 0 Å². The van der Waals surface area contributed by atoms with Crippen LogP contribution in [0.25, 0.3) is 0 Å². The minimum absolute atomic E-state index is 0.0461. The van der Waals surface area contributed by atoms with Gasteiger partial charge in [0.15, 0.2) is 6.10 Å². The molecule has 2 unspecified atom stereocenters. The summed E-state index contributed by atoms with van der Waals surface area (Å²) < 4.78 is 4.86. The van der Waals surface area contributed by atoms with E-state index in [0.29, 0.717) is 0 Å². The zero-order valence-electron chi connectivity index (χ0n) is 7.14. The highest BCUT2D eigenvalue weighted by Crippen LogP contribution is 2.08. The number of hydrogen-bond acceptors (Lipinski definition) is 4. The second kappa shape index (κ2) is 5.82. The summed E-state index contributed by atoms with van der Waals surface area (Å²) in [5, 5.41) is 16.9. The van der Waals surface area contributed by atoms with E-state index in [0.717, 1.165) is 0 Å². The Hall–Kier alpha value is -0.750. The molecule has 0 spiro atoms. The zero-order valence-corrected chi connectivity index (χ0v) is 8.03. The Morgan fingerprint density at radius 1 is 1.46 bits per heavy atom. The molecule has 76 valence electrons. The van der Waals surface area contributed by atoms with E-state index in [1.165, 1.54) is 0 Å². The van der Waals surface area contributed by atoms with E-state index in [4.69, 9.17) is 14.9 Å². The van der Waals surface area contributed by atoms with Gasteiger partial charge >= 0.3 is 11.9 Å². The van der Waals surface area contributed by atoms with Crippen LogP contribution in [0.1, 0.15) is 19.8 Å². The fraction of sp³-hybridized carbons (Fsp3) is 0.714. The second-order valence-corrected chi connectivity index (χ2v) is 3.22. The largest absolute Gasteiger partial charge is 0.481 e. The van der Waals surface area contributed by atoms with Crippen LogP contribution in [-0.4, -0.2) is 33.7 Å². The fourth-order valence-electron chi connectivity index (χ4n) is 0.742. The first-order valence-electron chi connectivity index (χ1n) is 3.71. The van der Waals surface area contributed by atoms with E-state index in [2.05, 4.69) is 12.6 Å². The van der Waals surface area contributed by atoms with Gasteiger partial charge < -0.3 is 14.9 Å². The van der Waals surface area contributed by atoms with Crippen LogP contribution in [0.2, 0.25) is 0 Å². The van der Waals surface area contributed by atoms with Crippen molar-refractivity contribution in [1.29, 1.82) is 0 Å². The lowest BCUT2D eigenvalue weighted by Crippen LogP contribution is -2.27. The molecule has 0 aromatic heterocycles. The summed E-state index contributed by atoms with van der Waals surface area (Å²) in [4.78, 5) is 20.6. The summed E-state index contributed by atoms with van der Waals surface area (Å²) in [6.07, 6.45) is -1.36. The van der Waals surface area contributed by atoms with E-state index in [-0.39, 0.29) is 12.8 Å². The average molecular weight is 208 g/mol. The van der Waals surface area contributed by atoms with Gasteiger partial charge in [-0.3, -0.25) is 4.79 Å². The highest BCUT2D eigenvalue weighted by Gasteiger charge is 2.20. The number of rotatable bonds is 6. The van der Waals surface area contributed by atoms with Crippen molar-refractivity contribution in [3.05, 3.63) is 0 Å². The highest BCUT2D eigenvalue weighted by molar-refractivity contribution is 7.80. The number of thiol groups is 1. The number of carboxylic acid groups (broad SMARTS) is 2. The van der Waals surface area contributed by atoms with Gasteiger partial charge in [-0.25, -0.2) is 4.79 Å². The second-order valence-electron chi connectivity index (χ2n) is 2.49. The van der Waals surface area contributed by atoms with Crippen LogP contribution in [0.4, 0.5) is 0 Å². The number of hydrogen-bond donors (Lipinski definition) is 3. The van der Waals surface area contributed by atoms with Crippen LogP contribution in [0.15, 0.2) is 0 Å². The topological polar surface area (TPSA) is 83.8 Å². The van der Waals surface area contributed by atoms with Crippen LogP contribution in [0, 0.1) is 0 Å². The molecule has 0 aromatic rings. The Morgan fingerprint density at radius 3 is 2.31 bits per heavy atom. The lowest BCUT2D eigenvalue weighted by molar-refractivity contribution is -0.152. The maximum absolute atomic E-state index is 10.5. The molecule has 0 amide bonds. The number of carboxylic acids is 2. The van der Waals surface area contributed by atoms with Gasteiger partial charge in [0.2, 0.25) is 0 Å². The standard InChI is InChI=1S/C7H12O5S/c1-4(13)12-5(7(10)11)2-3-6(8)9/h4-5,13H,2-3H2,1H3,(H,8,9)(H,10,11). The maximum atomic E-state index is 10.5. The molecule has 0 aliphatic heterocycles. The molecule has 0 rings (SSSR count). The molecule has 0 heterocycles. The molecular formula is C7H12O5S. The van der Waals surface area contributed by atoms with Gasteiger partial charge in [0.1, 0.15) is 0 Å². The van der Waals surface area contributed by atoms with Crippen molar-refractivity contribution in [2.24, 2.45) is 0 Å². The van der Waals surface area contributed by atoms with E-state index < -0.39 is 23.5 Å². The van der Waals surface area contributed by atoms with Gasteiger partial charge in [0, 0.05) is 6.42 Å². The van der Waals surface area contributed by atoms with Gasteiger partial charge in [0.25, 0.3) is 0 Å². The van der Waals surface area contributed by atoms with Crippen molar-refractivity contribution >= 4 is 24.6 Å². The Kier molecular flexibility index (Phi) is 5.48. The molecule has 6 heteroatoms. The first-order valence-corrected chi connectivity index (χ1v) is 4.23. The Morgan fingerprint density at radius 2 is 2.00 bits per heavy atom. The summed E-state index contributed by atoms with van der Waals surface area (Å²) in [7, 11) is 0. The van der Waals surface area contributed by atoms with Crippen LogP contribution >= 0.6 is 12.6 Å². The third kappa shape index (κ3) is 6.41. The smallest absolute Gasteiger partial charge is 0.332 e. The molecule has 0 saturated carbocycles. The van der Waals surface area contributed by atoms with Crippen molar-refractivity contribution in [1.82, 2.24) is 0 Å². The van der Waals surface area contributed by atoms with E-state index in [9.17, 15) is 9.59 Å². The predicted molar refractivity (Wildman–Crippen MR) is 47.8 cm³/mol. The molecule has 0 bridgehead atoms. The summed E-state index contributed by atoms with van der Waals surface area (Å²) in [6.45, 7) is 1.57. The molecule has 13 heavy (non-hydrogen) atoms. The Balaban J connectivity index is 3.95. The molecule has 0 radical (unpaired) electrons. The molecule has 0 fully saturated rings. The lowest BCUT2D eigenvalue weighted by atomic mass is 10.2. The molecule has 5 nitrogen and oxygen atoms in total. The normalized spacial score (nSPS) is 14.9. The first-order chi connectivity index (χ1) is 5.93.